The molecule has 2 bridgehead atoms. The number of hydrogen-bond donors (Lipinski definition) is 1. The minimum atomic E-state index is -0.595. The van der Waals surface area contributed by atoms with Crippen LogP contribution in [0.4, 0.5) is 0 Å². The number of aliphatic hydroxyl groups excluding tert-OH is 1. The average Bonchev–Trinajstić information content (AvgIpc) is 2.51. The summed E-state index contributed by atoms with van der Waals surface area (Å²) in [4.78, 5) is 26.5. The number of likely N-dealkylation sites (tertiary alicyclic amines) is 1. The zero-order chi connectivity index (χ0) is 14.4. The van der Waals surface area contributed by atoms with Gasteiger partial charge in [0.15, 0.2) is 0 Å². The van der Waals surface area contributed by atoms with E-state index in [0.29, 0.717) is 6.42 Å². The van der Waals surface area contributed by atoms with Crippen molar-refractivity contribution in [2.45, 2.75) is 59.5 Å². The fraction of sp³-hybridized carbons (Fsp3) is 0.867. The van der Waals surface area contributed by atoms with Gasteiger partial charge in [0.05, 0.1) is 18.1 Å². The van der Waals surface area contributed by atoms with Gasteiger partial charge >= 0.3 is 0 Å². The van der Waals surface area contributed by atoms with Crippen molar-refractivity contribution in [3.63, 3.8) is 0 Å². The average molecular weight is 267 g/mol. The molecule has 3 atom stereocenters. The van der Waals surface area contributed by atoms with Crippen molar-refractivity contribution in [3.8, 4) is 0 Å². The summed E-state index contributed by atoms with van der Waals surface area (Å²) in [5.74, 6) is -0.254. The molecule has 4 heteroatoms. The van der Waals surface area contributed by atoms with Gasteiger partial charge in [-0.05, 0) is 24.7 Å². The van der Waals surface area contributed by atoms with Gasteiger partial charge in [-0.15, -0.1) is 0 Å². The Morgan fingerprint density at radius 2 is 2.00 bits per heavy atom. The molecule has 1 aliphatic heterocycles. The third kappa shape index (κ3) is 1.92. The van der Waals surface area contributed by atoms with Crippen LogP contribution in [0, 0.1) is 16.7 Å². The molecule has 2 aliphatic rings. The minimum Gasteiger partial charge on any atom is -0.391 e. The molecule has 1 saturated heterocycles. The molecule has 0 spiro atoms. The first kappa shape index (κ1) is 14.5. The number of hydrogen-bond acceptors (Lipinski definition) is 3. The van der Waals surface area contributed by atoms with Gasteiger partial charge in [0.2, 0.25) is 11.8 Å². The van der Waals surface area contributed by atoms with Crippen LogP contribution in [0.25, 0.3) is 0 Å². The zero-order valence-corrected chi connectivity index (χ0v) is 12.4. The molecule has 0 radical (unpaired) electrons. The van der Waals surface area contributed by atoms with Crippen LogP contribution >= 0.6 is 0 Å². The molecular formula is C15H25NO3. The first-order chi connectivity index (χ1) is 8.75. The summed E-state index contributed by atoms with van der Waals surface area (Å²) < 4.78 is 0. The quantitative estimate of drug-likeness (QED) is 0.792. The topological polar surface area (TPSA) is 57.6 Å². The fourth-order valence-corrected chi connectivity index (χ4v) is 3.71. The molecular weight excluding hydrogens is 242 g/mol. The SMILES string of the molecule is CCCC(O)CN1C(=O)[C@H]2CC[C@@](C)(C1=O)C2(C)C. The minimum absolute atomic E-state index is 0.0796. The third-order valence-corrected chi connectivity index (χ3v) is 5.52. The first-order valence-corrected chi connectivity index (χ1v) is 7.29. The van der Waals surface area contributed by atoms with E-state index >= 15 is 0 Å². The highest BCUT2D eigenvalue weighted by Crippen LogP contribution is 2.59. The van der Waals surface area contributed by atoms with Crippen LogP contribution in [-0.2, 0) is 9.59 Å². The Balaban J connectivity index is 2.25. The number of piperidine rings is 1. The standard InChI is InChI=1S/C15H25NO3/c1-5-6-10(17)9-16-12(18)11-7-8-15(4,13(16)19)14(11,2)3/h10-11,17H,5-9H2,1-4H3/t10?,11-,15+/m1/s1. The predicted molar refractivity (Wildman–Crippen MR) is 72.2 cm³/mol. The highest BCUT2D eigenvalue weighted by Gasteiger charge is 2.64. The van der Waals surface area contributed by atoms with Gasteiger partial charge in [-0.1, -0.05) is 34.1 Å². The van der Waals surface area contributed by atoms with E-state index in [1.165, 1.54) is 4.90 Å². The number of rotatable bonds is 4. The van der Waals surface area contributed by atoms with Gasteiger partial charge < -0.3 is 5.11 Å². The van der Waals surface area contributed by atoms with Gasteiger partial charge in [-0.25, -0.2) is 0 Å². The van der Waals surface area contributed by atoms with Gasteiger partial charge in [-0.2, -0.15) is 0 Å². The summed E-state index contributed by atoms with van der Waals surface area (Å²) in [5, 5.41) is 9.90. The fourth-order valence-electron chi connectivity index (χ4n) is 3.71. The van der Waals surface area contributed by atoms with Crippen molar-refractivity contribution >= 4 is 11.8 Å². The first-order valence-electron chi connectivity index (χ1n) is 7.29. The maximum Gasteiger partial charge on any atom is 0.235 e. The van der Waals surface area contributed by atoms with Crippen LogP contribution in [0.2, 0.25) is 0 Å². The maximum absolute atomic E-state index is 12.7. The monoisotopic (exact) mass is 267 g/mol. The Kier molecular flexibility index (Phi) is 3.50. The molecule has 1 aliphatic carbocycles. The lowest BCUT2D eigenvalue weighted by Gasteiger charge is -2.48. The normalized spacial score (nSPS) is 34.8. The summed E-state index contributed by atoms with van der Waals surface area (Å²) in [7, 11) is 0. The summed E-state index contributed by atoms with van der Waals surface area (Å²) >= 11 is 0. The molecule has 1 saturated carbocycles. The van der Waals surface area contributed by atoms with Crippen molar-refractivity contribution in [3.05, 3.63) is 0 Å². The van der Waals surface area contributed by atoms with Gasteiger partial charge in [0.1, 0.15) is 0 Å². The molecule has 2 fully saturated rings. The van der Waals surface area contributed by atoms with E-state index in [1.807, 2.05) is 27.7 Å². The van der Waals surface area contributed by atoms with Crippen molar-refractivity contribution in [2.24, 2.45) is 16.7 Å². The van der Waals surface area contributed by atoms with E-state index in [-0.39, 0.29) is 29.7 Å². The summed E-state index contributed by atoms with van der Waals surface area (Å²) in [6.07, 6.45) is 2.44. The lowest BCUT2D eigenvalue weighted by atomic mass is 9.62. The van der Waals surface area contributed by atoms with E-state index in [0.717, 1.165) is 19.3 Å². The van der Waals surface area contributed by atoms with Crippen LogP contribution in [0.5, 0.6) is 0 Å². The molecule has 1 unspecified atom stereocenters. The second-order valence-corrected chi connectivity index (χ2v) is 6.84. The smallest absolute Gasteiger partial charge is 0.235 e. The molecule has 0 aromatic rings. The maximum atomic E-state index is 12.7. The van der Waals surface area contributed by atoms with Crippen LogP contribution in [0.1, 0.15) is 53.4 Å². The number of imide groups is 1. The Hall–Kier alpha value is -0.900. The summed E-state index contributed by atoms with van der Waals surface area (Å²) in [6.45, 7) is 8.17. The lowest BCUT2D eigenvalue weighted by Crippen LogP contribution is -2.60. The molecule has 2 amide bonds. The van der Waals surface area contributed by atoms with Gasteiger partial charge in [0, 0.05) is 5.92 Å². The van der Waals surface area contributed by atoms with Crippen molar-refractivity contribution in [1.82, 2.24) is 4.90 Å². The Morgan fingerprint density at radius 1 is 1.37 bits per heavy atom. The Morgan fingerprint density at radius 3 is 2.58 bits per heavy atom. The molecule has 2 rings (SSSR count). The predicted octanol–water partition coefficient (Wildman–Crippen LogP) is 1.96. The highest BCUT2D eigenvalue weighted by atomic mass is 16.3. The van der Waals surface area contributed by atoms with Crippen LogP contribution in [-0.4, -0.2) is 34.5 Å². The summed E-state index contributed by atoms with van der Waals surface area (Å²) in [5.41, 5.74) is -0.731. The van der Waals surface area contributed by atoms with E-state index in [4.69, 9.17) is 0 Å². The van der Waals surface area contributed by atoms with Crippen LogP contribution < -0.4 is 0 Å². The molecule has 4 nitrogen and oxygen atoms in total. The zero-order valence-electron chi connectivity index (χ0n) is 12.4. The third-order valence-electron chi connectivity index (χ3n) is 5.52. The number of carbonyl (C=O) groups is 2. The number of β-amino-alcohol motifs (C(OH)–C–C–N with tert-alkyl or cyclic N) is 1. The molecule has 19 heavy (non-hydrogen) atoms. The second kappa shape index (κ2) is 4.58. The molecule has 108 valence electrons. The number of nitrogens with zero attached hydrogens (tertiary/aromatic N) is 1. The van der Waals surface area contributed by atoms with E-state index in [9.17, 15) is 14.7 Å². The number of aliphatic hydroxyl groups is 1. The van der Waals surface area contributed by atoms with Gasteiger partial charge in [0.25, 0.3) is 0 Å². The second-order valence-electron chi connectivity index (χ2n) is 6.84. The van der Waals surface area contributed by atoms with Crippen molar-refractivity contribution in [2.75, 3.05) is 6.54 Å². The molecule has 0 aromatic carbocycles. The largest absolute Gasteiger partial charge is 0.391 e. The van der Waals surface area contributed by atoms with E-state index in [2.05, 4.69) is 0 Å². The molecule has 1 heterocycles. The molecule has 1 N–H and O–H groups in total. The number of amides is 2. The lowest BCUT2D eigenvalue weighted by molar-refractivity contribution is -0.169. The Labute approximate surface area is 115 Å². The van der Waals surface area contributed by atoms with Gasteiger partial charge in [-0.3, -0.25) is 14.5 Å². The van der Waals surface area contributed by atoms with E-state index < -0.39 is 11.5 Å². The van der Waals surface area contributed by atoms with Crippen LogP contribution in [0.3, 0.4) is 0 Å². The van der Waals surface area contributed by atoms with Crippen LogP contribution in [0.15, 0.2) is 0 Å². The Bertz CT molecular complexity index is 404. The molecule has 0 aromatic heterocycles. The summed E-state index contributed by atoms with van der Waals surface area (Å²) in [6, 6.07) is 0. The number of fused-ring (bicyclic) bond motifs is 2. The highest BCUT2D eigenvalue weighted by molar-refractivity contribution is 6.03. The van der Waals surface area contributed by atoms with Crippen molar-refractivity contribution < 1.29 is 14.7 Å². The van der Waals surface area contributed by atoms with E-state index in [1.54, 1.807) is 0 Å². The van der Waals surface area contributed by atoms with Crippen molar-refractivity contribution in [1.29, 1.82) is 0 Å². The number of carbonyl (C=O) groups excluding carboxylic acids is 2.